The number of rotatable bonds is 9. The summed E-state index contributed by atoms with van der Waals surface area (Å²) in [6, 6.07) is 64.5. The number of hydrogen-bond donors (Lipinski definition) is 2. The van der Waals surface area contributed by atoms with Gasteiger partial charge in [0.15, 0.2) is 0 Å². The van der Waals surface area contributed by atoms with Gasteiger partial charge in [-0.25, -0.2) is 0 Å². The summed E-state index contributed by atoms with van der Waals surface area (Å²) in [5.74, 6) is 0. The smallest absolute Gasteiger partial charge is 0.0945 e. The molecular formula is C63H51N3. The van der Waals surface area contributed by atoms with Crippen molar-refractivity contribution in [3.05, 3.63) is 252 Å². The largest absolute Gasteiger partial charge is 0.373 e. The van der Waals surface area contributed by atoms with Crippen LogP contribution in [0.5, 0.6) is 0 Å². The highest BCUT2D eigenvalue weighted by Gasteiger charge is 2.26. The van der Waals surface area contributed by atoms with Crippen molar-refractivity contribution in [2.24, 2.45) is 0 Å². The Morgan fingerprint density at radius 2 is 1.23 bits per heavy atom. The van der Waals surface area contributed by atoms with Gasteiger partial charge in [0, 0.05) is 22.0 Å². The van der Waals surface area contributed by atoms with E-state index in [1.807, 2.05) is 18.2 Å². The molecule has 9 aromatic rings. The van der Waals surface area contributed by atoms with Crippen LogP contribution in [0.2, 0.25) is 0 Å². The number of nitrogens with one attached hydrogen (secondary N) is 2. The molecule has 318 valence electrons. The molecule has 0 amide bonds. The number of aromatic nitrogens is 1. The minimum atomic E-state index is -0.438. The first-order valence-corrected chi connectivity index (χ1v) is 23.3. The summed E-state index contributed by atoms with van der Waals surface area (Å²) in [7, 11) is 0. The van der Waals surface area contributed by atoms with Crippen molar-refractivity contribution in [1.29, 1.82) is 5.41 Å². The quantitative estimate of drug-likeness (QED) is 0.140. The maximum Gasteiger partial charge on any atom is 0.0945 e. The molecule has 1 atom stereocenters. The first-order chi connectivity index (χ1) is 32.6. The Bertz CT molecular complexity index is 3420. The van der Waals surface area contributed by atoms with Gasteiger partial charge in [-0.3, -0.25) is 0 Å². The molecule has 1 heterocycles. The Morgan fingerprint density at radius 3 is 1.97 bits per heavy atom. The van der Waals surface area contributed by atoms with Gasteiger partial charge >= 0.3 is 0 Å². The summed E-state index contributed by atoms with van der Waals surface area (Å²) in [6.07, 6.45) is 19.0. The van der Waals surface area contributed by atoms with Crippen LogP contribution in [0.25, 0.3) is 72.1 Å². The monoisotopic (exact) mass is 849 g/mol. The summed E-state index contributed by atoms with van der Waals surface area (Å²) < 4.78 is 2.48. The van der Waals surface area contributed by atoms with E-state index >= 15 is 0 Å². The third kappa shape index (κ3) is 7.63. The Labute approximate surface area is 387 Å². The van der Waals surface area contributed by atoms with E-state index in [1.54, 1.807) is 0 Å². The first-order valence-electron chi connectivity index (χ1n) is 23.3. The Hall–Kier alpha value is -8.01. The number of anilines is 1. The van der Waals surface area contributed by atoms with Crippen LogP contribution >= 0.6 is 0 Å². The van der Waals surface area contributed by atoms with E-state index in [9.17, 15) is 5.41 Å². The molecule has 8 aromatic carbocycles. The van der Waals surface area contributed by atoms with Gasteiger partial charge in [-0.05, 0) is 129 Å². The second kappa shape index (κ2) is 17.9. The number of allylic oxidation sites excluding steroid dienone is 8. The molecule has 0 fully saturated rings. The predicted octanol–water partition coefficient (Wildman–Crippen LogP) is 16.9. The molecule has 0 aliphatic heterocycles. The SMILES string of the molecule is C=C1/C=C\CCC/C=C\c2c1c1c3ccccc3c(-c3ccccc3)cc1n2-c1ccc(C(Nc2ccccc2)C(=N)c2ccc(C3=CC(c4ccccc4)=CCC3)cc2)c2ccccc12. The third-order valence-electron chi connectivity index (χ3n) is 13.4. The molecular weight excluding hydrogens is 799 g/mol. The molecule has 0 spiro atoms. The van der Waals surface area contributed by atoms with Crippen LogP contribution in [-0.2, 0) is 0 Å². The average molecular weight is 850 g/mol. The fourth-order valence-electron chi connectivity index (χ4n) is 10.2. The minimum Gasteiger partial charge on any atom is -0.373 e. The number of para-hydroxylation sites is 1. The molecule has 0 bridgehead atoms. The summed E-state index contributed by atoms with van der Waals surface area (Å²) in [5, 5.41) is 19.7. The molecule has 2 N–H and O–H groups in total. The molecule has 2 aliphatic carbocycles. The zero-order chi connectivity index (χ0) is 44.4. The van der Waals surface area contributed by atoms with E-state index in [4.69, 9.17) is 6.58 Å². The maximum atomic E-state index is 10.0. The summed E-state index contributed by atoms with van der Waals surface area (Å²) in [4.78, 5) is 0. The van der Waals surface area contributed by atoms with Crippen LogP contribution in [0, 0.1) is 5.41 Å². The van der Waals surface area contributed by atoms with Gasteiger partial charge in [-0.2, -0.15) is 0 Å². The van der Waals surface area contributed by atoms with E-state index in [0.717, 1.165) is 87.7 Å². The lowest BCUT2D eigenvalue weighted by molar-refractivity contribution is 0.870. The predicted molar refractivity (Wildman–Crippen MR) is 282 cm³/mol. The number of nitrogens with zero attached hydrogens (tertiary/aromatic N) is 1. The Kier molecular flexibility index (Phi) is 11.0. The second-order valence-electron chi connectivity index (χ2n) is 17.5. The van der Waals surface area contributed by atoms with Crippen LogP contribution in [-0.4, -0.2) is 10.3 Å². The normalized spacial score (nSPS) is 15.4. The second-order valence-corrected chi connectivity index (χ2v) is 17.5. The third-order valence-corrected chi connectivity index (χ3v) is 13.4. The van der Waals surface area contributed by atoms with E-state index in [-0.39, 0.29) is 0 Å². The first kappa shape index (κ1) is 40.7. The molecule has 11 rings (SSSR count). The lowest BCUT2D eigenvalue weighted by Crippen LogP contribution is -2.22. The molecule has 0 radical (unpaired) electrons. The van der Waals surface area contributed by atoms with Crippen LogP contribution < -0.4 is 5.32 Å². The van der Waals surface area contributed by atoms with Gasteiger partial charge in [0.25, 0.3) is 0 Å². The standard InChI is InChI=1S/C63H51N3/c1-43-21-8-3-2-4-15-34-58-60(43)61-54-33-19-17-31-52(54)56(46-24-11-6-12-25-46)42-59(61)66(58)57-40-39-55(51-30-16-18-32-53(51)57)63(65-50-28-13-7-14-29-50)62(64)47-37-35-45(36-38-47)49-27-20-26-48(41-49)44-22-9-5-10-23-44/h5-19,21-26,28-42,63-65H,1-4,20,27H2/b21-8-,34-15-,64-62?. The summed E-state index contributed by atoms with van der Waals surface area (Å²) in [5.41, 5.74) is 16.4. The molecule has 3 nitrogen and oxygen atoms in total. The number of benzene rings is 8. The molecule has 1 aromatic heterocycles. The van der Waals surface area contributed by atoms with Crippen molar-refractivity contribution in [3.63, 3.8) is 0 Å². The van der Waals surface area contributed by atoms with Gasteiger partial charge in [0.1, 0.15) is 0 Å². The number of fused-ring (bicyclic) bond motifs is 6. The van der Waals surface area contributed by atoms with Gasteiger partial charge in [0.2, 0.25) is 0 Å². The van der Waals surface area contributed by atoms with Crippen LogP contribution in [0.15, 0.2) is 219 Å². The van der Waals surface area contributed by atoms with E-state index in [2.05, 4.69) is 210 Å². The van der Waals surface area contributed by atoms with Gasteiger partial charge < -0.3 is 15.3 Å². The van der Waals surface area contributed by atoms with Crippen LogP contribution in [0.1, 0.15) is 71.7 Å². The molecule has 66 heavy (non-hydrogen) atoms. The molecule has 0 saturated carbocycles. The average Bonchev–Trinajstić information content (AvgIpc) is 3.72. The zero-order valence-electron chi connectivity index (χ0n) is 37.1. The fraction of sp³-hybridized carbons (Fsp3) is 0.0952. The minimum absolute atomic E-state index is 0.438. The fourth-order valence-corrected chi connectivity index (χ4v) is 10.2. The Balaban J connectivity index is 1.08. The highest BCUT2D eigenvalue weighted by Crippen LogP contribution is 2.45. The summed E-state index contributed by atoms with van der Waals surface area (Å²) in [6.45, 7) is 4.74. The van der Waals surface area contributed by atoms with Crippen LogP contribution in [0.4, 0.5) is 5.69 Å². The highest BCUT2D eigenvalue weighted by molar-refractivity contribution is 6.19. The van der Waals surface area contributed by atoms with Gasteiger partial charge in [-0.15, -0.1) is 0 Å². The molecule has 3 heteroatoms. The maximum absolute atomic E-state index is 10.0. The van der Waals surface area contributed by atoms with Crippen molar-refractivity contribution in [1.82, 2.24) is 4.57 Å². The van der Waals surface area contributed by atoms with Gasteiger partial charge in [-0.1, -0.05) is 195 Å². The van der Waals surface area contributed by atoms with Crippen molar-refractivity contribution in [3.8, 4) is 16.8 Å². The molecule has 2 aliphatic rings. The summed E-state index contributed by atoms with van der Waals surface area (Å²) >= 11 is 0. The van der Waals surface area contributed by atoms with E-state index in [0.29, 0.717) is 5.71 Å². The topological polar surface area (TPSA) is 40.8 Å². The van der Waals surface area contributed by atoms with Crippen molar-refractivity contribution in [2.75, 3.05) is 5.32 Å². The molecule has 1 unspecified atom stereocenters. The molecule has 0 saturated heterocycles. The Morgan fingerprint density at radius 1 is 0.591 bits per heavy atom. The van der Waals surface area contributed by atoms with Crippen molar-refractivity contribution in [2.45, 2.75) is 38.1 Å². The number of hydrogen-bond acceptors (Lipinski definition) is 2. The van der Waals surface area contributed by atoms with E-state index < -0.39 is 6.04 Å². The lowest BCUT2D eigenvalue weighted by atomic mass is 9.88. The van der Waals surface area contributed by atoms with Gasteiger partial charge in [0.05, 0.1) is 28.7 Å². The zero-order valence-corrected chi connectivity index (χ0v) is 37.1. The van der Waals surface area contributed by atoms with Crippen molar-refractivity contribution < 1.29 is 0 Å². The van der Waals surface area contributed by atoms with Crippen LogP contribution in [0.3, 0.4) is 0 Å². The van der Waals surface area contributed by atoms with E-state index in [1.165, 1.54) is 49.6 Å². The van der Waals surface area contributed by atoms with Crippen molar-refractivity contribution >= 4 is 66.6 Å². The highest BCUT2D eigenvalue weighted by atomic mass is 15.0. The lowest BCUT2D eigenvalue weighted by Gasteiger charge is -2.25.